The van der Waals surface area contributed by atoms with Gasteiger partial charge in [-0.3, -0.25) is 19.3 Å². The number of hydrogen-bond donors (Lipinski definition) is 5. The maximum absolute atomic E-state index is 13.2. The first-order chi connectivity index (χ1) is 14.1. The van der Waals surface area contributed by atoms with Gasteiger partial charge in [-0.05, 0) is 46.1 Å². The molecule has 0 fully saturated rings. The second-order valence-electron chi connectivity index (χ2n) is 7.83. The zero-order chi connectivity index (χ0) is 24.5. The number of nitrogens with two attached hydrogens (primary N) is 2. The van der Waals surface area contributed by atoms with E-state index in [1.54, 1.807) is 27.0 Å². The number of aliphatic hydroxyl groups excluding tert-OH is 1. The van der Waals surface area contributed by atoms with Crippen molar-refractivity contribution >= 4 is 41.5 Å². The van der Waals surface area contributed by atoms with E-state index in [4.69, 9.17) is 16.2 Å². The van der Waals surface area contributed by atoms with Gasteiger partial charge < -0.3 is 31.7 Å². The molecule has 0 aromatic carbocycles. The van der Waals surface area contributed by atoms with Crippen LogP contribution >= 0.6 is 11.8 Å². The first kappa shape index (κ1) is 28.6. The Hall–Kier alpha value is -2.38. The second-order valence-corrected chi connectivity index (χ2v) is 8.81. The van der Waals surface area contributed by atoms with E-state index in [0.29, 0.717) is 5.75 Å². The number of primary amides is 1. The van der Waals surface area contributed by atoms with E-state index < -0.39 is 66.0 Å². The highest BCUT2D eigenvalue weighted by molar-refractivity contribution is 7.98. The Morgan fingerprint density at radius 3 is 2.10 bits per heavy atom. The van der Waals surface area contributed by atoms with E-state index in [-0.39, 0.29) is 11.3 Å². The Kier molecular flexibility index (Phi) is 11.5. The minimum Gasteiger partial charge on any atom is -0.480 e. The van der Waals surface area contributed by atoms with Crippen LogP contribution in [-0.4, -0.2) is 86.7 Å². The summed E-state index contributed by atoms with van der Waals surface area (Å²) in [5, 5.41) is 21.8. The van der Waals surface area contributed by atoms with Gasteiger partial charge in [-0.25, -0.2) is 9.59 Å². The summed E-state index contributed by atoms with van der Waals surface area (Å²) < 4.78 is 5.13. The number of alkyl carbamates (subject to hydrolysis) is 1. The first-order valence-electron chi connectivity index (χ1n) is 9.42. The zero-order valence-corrected chi connectivity index (χ0v) is 19.1. The van der Waals surface area contributed by atoms with Crippen molar-refractivity contribution in [3.05, 3.63) is 0 Å². The number of carboxylic acid groups (broad SMARTS) is 1. The largest absolute Gasteiger partial charge is 0.480 e. The van der Waals surface area contributed by atoms with E-state index in [2.05, 4.69) is 5.32 Å². The summed E-state index contributed by atoms with van der Waals surface area (Å²) in [7, 11) is 0. The highest BCUT2D eigenvalue weighted by Gasteiger charge is 2.43. The highest BCUT2D eigenvalue weighted by Crippen LogP contribution is 2.15. The van der Waals surface area contributed by atoms with Crippen molar-refractivity contribution in [2.75, 3.05) is 12.0 Å². The van der Waals surface area contributed by atoms with Crippen molar-refractivity contribution in [1.29, 1.82) is 0 Å². The van der Waals surface area contributed by atoms with Crippen LogP contribution in [0.3, 0.4) is 0 Å². The lowest BCUT2D eigenvalue weighted by atomic mass is 10.0. The number of nitrogens with zero attached hydrogens (tertiary/aromatic N) is 1. The Morgan fingerprint density at radius 2 is 1.71 bits per heavy atom. The molecule has 31 heavy (non-hydrogen) atoms. The number of carboxylic acids is 1. The van der Waals surface area contributed by atoms with E-state index in [0.717, 1.165) is 6.92 Å². The third kappa shape index (κ3) is 9.98. The molecule has 0 radical (unpaired) electrons. The number of nitrogens with one attached hydrogen (secondary N) is 1. The maximum Gasteiger partial charge on any atom is 0.408 e. The molecule has 0 rings (SSSR count). The Bertz CT molecular complexity index is 680. The van der Waals surface area contributed by atoms with Gasteiger partial charge in [-0.15, -0.1) is 0 Å². The van der Waals surface area contributed by atoms with Gasteiger partial charge in [0.25, 0.3) is 5.91 Å². The van der Waals surface area contributed by atoms with Gasteiger partial charge >= 0.3 is 12.1 Å². The predicted octanol–water partition coefficient (Wildman–Crippen LogP) is -0.975. The summed E-state index contributed by atoms with van der Waals surface area (Å²) >= 11 is 1.34. The molecule has 178 valence electrons. The fraction of sp³-hybridized carbons (Fsp3) is 0.722. The lowest BCUT2D eigenvalue weighted by Crippen LogP contribution is -2.62. The number of aliphatic hydroxyl groups is 1. The second kappa shape index (κ2) is 12.5. The third-order valence-corrected chi connectivity index (χ3v) is 4.44. The van der Waals surface area contributed by atoms with Gasteiger partial charge in [0, 0.05) is 0 Å². The van der Waals surface area contributed by atoms with Gasteiger partial charge in [-0.1, -0.05) is 0 Å². The first-order valence-corrected chi connectivity index (χ1v) is 10.8. The molecule has 0 aromatic rings. The molecule has 0 aliphatic carbocycles. The molecule has 0 bridgehead atoms. The Labute approximate surface area is 185 Å². The predicted molar refractivity (Wildman–Crippen MR) is 113 cm³/mol. The summed E-state index contributed by atoms with van der Waals surface area (Å²) in [5.74, 6) is -4.59. The fourth-order valence-corrected chi connectivity index (χ4v) is 2.98. The number of ether oxygens (including phenoxy) is 1. The average Bonchev–Trinajstić information content (AvgIpc) is 2.58. The monoisotopic (exact) mass is 464 g/mol. The number of carbonyl (C=O) groups is 5. The van der Waals surface area contributed by atoms with Crippen LogP contribution in [0.2, 0.25) is 0 Å². The Balaban J connectivity index is 6.10. The summed E-state index contributed by atoms with van der Waals surface area (Å²) in [6.45, 7) is 5.90. The van der Waals surface area contributed by atoms with Crippen molar-refractivity contribution in [2.24, 2.45) is 11.5 Å². The van der Waals surface area contributed by atoms with Gasteiger partial charge in [0.2, 0.25) is 11.8 Å². The van der Waals surface area contributed by atoms with Gasteiger partial charge in [-0.2, -0.15) is 11.8 Å². The number of amides is 4. The van der Waals surface area contributed by atoms with Crippen molar-refractivity contribution in [3.8, 4) is 0 Å². The molecule has 13 heteroatoms. The van der Waals surface area contributed by atoms with Crippen molar-refractivity contribution in [2.45, 2.75) is 70.4 Å². The van der Waals surface area contributed by atoms with Crippen LogP contribution < -0.4 is 16.8 Å². The van der Waals surface area contributed by atoms with Crippen molar-refractivity contribution < 1.29 is 38.9 Å². The standard InChI is InChI=1S/C18H32N4O8S/c1-9(23)13(16(27)28)22(14(25)10(19)8-12(20)24)15(26)11(6-7-31-5)21-17(29)30-18(2,3)4/h9-11,13,23H,6-8,19H2,1-5H3,(H2,20,24)(H,21,29)(H,27,28). The van der Waals surface area contributed by atoms with Crippen molar-refractivity contribution in [3.63, 3.8) is 0 Å². The minimum absolute atomic E-state index is 0.0280. The van der Waals surface area contributed by atoms with Gasteiger partial charge in [0.1, 0.15) is 11.6 Å². The number of thioether (sulfide) groups is 1. The van der Waals surface area contributed by atoms with Crippen LogP contribution in [0.1, 0.15) is 40.5 Å². The molecule has 4 amide bonds. The van der Waals surface area contributed by atoms with Crippen LogP contribution in [0, 0.1) is 0 Å². The van der Waals surface area contributed by atoms with Crippen LogP contribution in [0.15, 0.2) is 0 Å². The normalized spacial score (nSPS) is 15.2. The van der Waals surface area contributed by atoms with Gasteiger partial charge in [0.15, 0.2) is 6.04 Å². The SMILES string of the molecule is CSCCC(NC(=O)OC(C)(C)C)C(=O)N(C(=O)C(N)CC(N)=O)C(C(=O)O)C(C)O. The summed E-state index contributed by atoms with van der Waals surface area (Å²) in [5.41, 5.74) is 9.81. The quantitative estimate of drug-likeness (QED) is 0.253. The number of hydrogen-bond acceptors (Lipinski definition) is 9. The number of carbonyl (C=O) groups excluding carboxylic acids is 4. The third-order valence-electron chi connectivity index (χ3n) is 3.80. The molecular formula is C18H32N4O8S. The fourth-order valence-electron chi connectivity index (χ4n) is 2.51. The summed E-state index contributed by atoms with van der Waals surface area (Å²) in [4.78, 5) is 61.4. The molecule has 0 heterocycles. The molecule has 0 saturated carbocycles. The highest BCUT2D eigenvalue weighted by atomic mass is 32.2. The maximum atomic E-state index is 13.2. The molecular weight excluding hydrogens is 432 g/mol. The number of imide groups is 1. The molecule has 4 unspecified atom stereocenters. The molecule has 0 spiro atoms. The minimum atomic E-state index is -2.00. The number of aliphatic carboxylic acids is 1. The van der Waals surface area contributed by atoms with E-state index in [9.17, 15) is 34.2 Å². The molecule has 7 N–H and O–H groups in total. The average molecular weight is 465 g/mol. The van der Waals surface area contributed by atoms with E-state index in [1.807, 2.05) is 0 Å². The molecule has 0 saturated heterocycles. The van der Waals surface area contributed by atoms with Crippen molar-refractivity contribution in [1.82, 2.24) is 10.2 Å². The smallest absolute Gasteiger partial charge is 0.408 e. The van der Waals surface area contributed by atoms with E-state index in [1.165, 1.54) is 11.8 Å². The van der Waals surface area contributed by atoms with Crippen LogP contribution in [0.25, 0.3) is 0 Å². The molecule has 0 aliphatic heterocycles. The molecule has 0 aromatic heterocycles. The Morgan fingerprint density at radius 1 is 1.16 bits per heavy atom. The summed E-state index contributed by atoms with van der Waals surface area (Å²) in [6, 6.07) is -4.98. The molecule has 12 nitrogen and oxygen atoms in total. The number of rotatable bonds is 11. The van der Waals surface area contributed by atoms with Crippen LogP contribution in [-0.2, 0) is 23.9 Å². The lowest BCUT2D eigenvalue weighted by Gasteiger charge is -2.33. The molecule has 0 aliphatic rings. The van der Waals surface area contributed by atoms with Crippen LogP contribution in [0.4, 0.5) is 4.79 Å². The summed E-state index contributed by atoms with van der Waals surface area (Å²) in [6.07, 6.45) is -1.50. The van der Waals surface area contributed by atoms with Gasteiger partial charge in [0.05, 0.1) is 18.6 Å². The molecule has 4 atom stereocenters. The van der Waals surface area contributed by atoms with Crippen LogP contribution in [0.5, 0.6) is 0 Å². The topological polar surface area (TPSA) is 202 Å². The lowest BCUT2D eigenvalue weighted by molar-refractivity contribution is -0.164. The van der Waals surface area contributed by atoms with E-state index >= 15 is 0 Å². The zero-order valence-electron chi connectivity index (χ0n) is 18.3.